The van der Waals surface area contributed by atoms with Crippen LogP contribution in [-0.2, 0) is 24.7 Å². The third kappa shape index (κ3) is 5.31. The Morgan fingerprint density at radius 3 is 2.18 bits per heavy atom. The zero-order valence-corrected chi connectivity index (χ0v) is 21.4. The number of likely N-dealkylation sites (tertiary alicyclic amines) is 1. The van der Waals surface area contributed by atoms with Gasteiger partial charge >= 0.3 is 0 Å². The molecule has 1 saturated heterocycles. The molecule has 0 bridgehead atoms. The minimum absolute atomic E-state index is 0.183. The Kier molecular flexibility index (Phi) is 7.36. The van der Waals surface area contributed by atoms with Crippen molar-refractivity contribution in [2.24, 2.45) is 0 Å². The van der Waals surface area contributed by atoms with Crippen LogP contribution >= 0.6 is 0 Å². The Balaban J connectivity index is 1.80. The molecule has 1 fully saturated rings. The second kappa shape index (κ2) is 9.56. The van der Waals surface area contributed by atoms with Gasteiger partial charge in [0.05, 0.1) is 21.6 Å². The molecule has 1 aliphatic heterocycles. The van der Waals surface area contributed by atoms with Gasteiger partial charge in [0.2, 0.25) is 15.9 Å². The standard InChI is InChI=1S/C24H32N2O5S2/c1-16-14-17(2)19(4)23(18(16)3)33(30,31)25-20(5)24(27)26-13-9-10-21(26)15-32(28,29)22-11-7-6-8-12-22/h6-8,11-12,14,20-21,25H,9-10,13,15H2,1-5H3. The van der Waals surface area contributed by atoms with Crippen LogP contribution in [-0.4, -0.2) is 52.0 Å². The molecule has 1 heterocycles. The first-order valence-electron chi connectivity index (χ1n) is 11.0. The first-order chi connectivity index (χ1) is 15.3. The molecule has 2 atom stereocenters. The van der Waals surface area contributed by atoms with Crippen LogP contribution in [0.15, 0.2) is 46.2 Å². The molecular formula is C24H32N2O5S2. The Hall–Kier alpha value is -2.23. The van der Waals surface area contributed by atoms with Crippen LogP contribution in [0.4, 0.5) is 0 Å². The topological polar surface area (TPSA) is 101 Å². The predicted molar refractivity (Wildman–Crippen MR) is 128 cm³/mol. The molecule has 9 heteroatoms. The SMILES string of the molecule is Cc1cc(C)c(C)c(S(=O)(=O)NC(C)C(=O)N2CCCC2CS(=O)(=O)c2ccccc2)c1C. The van der Waals surface area contributed by atoms with Crippen molar-refractivity contribution in [3.63, 3.8) is 0 Å². The highest BCUT2D eigenvalue weighted by Crippen LogP contribution is 2.27. The van der Waals surface area contributed by atoms with Crippen LogP contribution in [0.5, 0.6) is 0 Å². The summed E-state index contributed by atoms with van der Waals surface area (Å²) in [5.74, 6) is -0.596. The molecule has 1 N–H and O–H groups in total. The van der Waals surface area contributed by atoms with Gasteiger partial charge in [-0.25, -0.2) is 16.8 Å². The summed E-state index contributed by atoms with van der Waals surface area (Å²) in [6.45, 7) is 9.14. The summed E-state index contributed by atoms with van der Waals surface area (Å²) in [4.78, 5) is 15.1. The number of nitrogens with zero attached hydrogens (tertiary/aromatic N) is 1. The van der Waals surface area contributed by atoms with E-state index in [1.807, 2.05) is 19.9 Å². The second-order valence-electron chi connectivity index (χ2n) is 8.85. The molecule has 2 aromatic rings. The van der Waals surface area contributed by atoms with Crippen molar-refractivity contribution in [2.75, 3.05) is 12.3 Å². The number of nitrogens with one attached hydrogen (secondary N) is 1. The fraction of sp³-hybridized carbons (Fsp3) is 0.458. The van der Waals surface area contributed by atoms with E-state index in [0.29, 0.717) is 30.5 Å². The van der Waals surface area contributed by atoms with E-state index in [-0.39, 0.29) is 15.5 Å². The minimum Gasteiger partial charge on any atom is -0.337 e. The van der Waals surface area contributed by atoms with E-state index in [4.69, 9.17) is 0 Å². The van der Waals surface area contributed by atoms with Crippen molar-refractivity contribution >= 4 is 25.8 Å². The molecule has 1 aliphatic rings. The van der Waals surface area contributed by atoms with Crippen LogP contribution in [0, 0.1) is 27.7 Å². The summed E-state index contributed by atoms with van der Waals surface area (Å²) in [7, 11) is -7.52. The Morgan fingerprint density at radius 1 is 1.03 bits per heavy atom. The molecule has 180 valence electrons. The number of carbonyl (C=O) groups is 1. The fourth-order valence-electron chi connectivity index (χ4n) is 4.45. The zero-order chi connectivity index (χ0) is 24.6. The van der Waals surface area contributed by atoms with Gasteiger partial charge in [-0.05, 0) is 81.8 Å². The summed E-state index contributed by atoms with van der Waals surface area (Å²) < 4.78 is 54.6. The van der Waals surface area contributed by atoms with Gasteiger partial charge in [0.1, 0.15) is 0 Å². The lowest BCUT2D eigenvalue weighted by Crippen LogP contribution is -2.50. The van der Waals surface area contributed by atoms with Crippen LogP contribution in [0.1, 0.15) is 42.0 Å². The summed E-state index contributed by atoms with van der Waals surface area (Å²) >= 11 is 0. The fourth-order valence-corrected chi connectivity index (χ4v) is 7.88. The first-order valence-corrected chi connectivity index (χ1v) is 14.2. The van der Waals surface area contributed by atoms with Gasteiger partial charge in [-0.1, -0.05) is 24.3 Å². The zero-order valence-electron chi connectivity index (χ0n) is 19.8. The number of carbonyl (C=O) groups excluding carboxylic acids is 1. The van der Waals surface area contributed by atoms with Crippen molar-refractivity contribution in [1.82, 2.24) is 9.62 Å². The Labute approximate surface area is 197 Å². The molecule has 0 spiro atoms. The lowest BCUT2D eigenvalue weighted by molar-refractivity contribution is -0.133. The third-order valence-electron chi connectivity index (χ3n) is 6.44. The summed E-state index contributed by atoms with van der Waals surface area (Å²) in [5, 5.41) is 0. The lowest BCUT2D eigenvalue weighted by Gasteiger charge is -2.28. The molecule has 0 aromatic heterocycles. The van der Waals surface area contributed by atoms with Gasteiger partial charge in [0.15, 0.2) is 9.84 Å². The van der Waals surface area contributed by atoms with Gasteiger partial charge in [0, 0.05) is 12.6 Å². The van der Waals surface area contributed by atoms with Crippen molar-refractivity contribution in [2.45, 2.75) is 69.3 Å². The number of rotatable bonds is 7. The number of hydrogen-bond acceptors (Lipinski definition) is 5. The quantitative estimate of drug-likeness (QED) is 0.640. The van der Waals surface area contributed by atoms with Gasteiger partial charge in [-0.2, -0.15) is 4.72 Å². The maximum absolute atomic E-state index is 13.2. The molecular weight excluding hydrogens is 460 g/mol. The summed E-state index contributed by atoms with van der Waals surface area (Å²) in [6.07, 6.45) is 1.24. The van der Waals surface area contributed by atoms with Crippen LogP contribution in [0.25, 0.3) is 0 Å². The van der Waals surface area contributed by atoms with Gasteiger partial charge < -0.3 is 4.90 Å². The van der Waals surface area contributed by atoms with Crippen molar-refractivity contribution in [3.05, 3.63) is 58.7 Å². The highest BCUT2D eigenvalue weighted by atomic mass is 32.2. The molecule has 0 radical (unpaired) electrons. The van der Waals surface area contributed by atoms with Crippen LogP contribution < -0.4 is 4.72 Å². The average Bonchev–Trinajstić information content (AvgIpc) is 3.19. The normalized spacial score (nSPS) is 17.8. The van der Waals surface area contributed by atoms with Gasteiger partial charge in [0.25, 0.3) is 0 Å². The summed E-state index contributed by atoms with van der Waals surface area (Å²) in [6, 6.07) is 8.60. The predicted octanol–water partition coefficient (Wildman–Crippen LogP) is 3.05. The smallest absolute Gasteiger partial charge is 0.241 e. The molecule has 2 unspecified atom stereocenters. The van der Waals surface area contributed by atoms with Crippen molar-refractivity contribution in [3.8, 4) is 0 Å². The highest BCUT2D eigenvalue weighted by Gasteiger charge is 2.36. The highest BCUT2D eigenvalue weighted by molar-refractivity contribution is 7.91. The minimum atomic E-state index is -3.95. The molecule has 33 heavy (non-hydrogen) atoms. The van der Waals surface area contributed by atoms with Gasteiger partial charge in [-0.3, -0.25) is 4.79 Å². The number of sulfone groups is 1. The molecule has 0 saturated carbocycles. The molecule has 3 rings (SSSR count). The molecule has 0 aliphatic carbocycles. The third-order valence-corrected chi connectivity index (χ3v) is 10.1. The average molecular weight is 493 g/mol. The maximum Gasteiger partial charge on any atom is 0.241 e. The maximum atomic E-state index is 13.2. The molecule has 7 nitrogen and oxygen atoms in total. The Morgan fingerprint density at radius 2 is 1.61 bits per heavy atom. The van der Waals surface area contributed by atoms with Crippen molar-refractivity contribution < 1.29 is 21.6 Å². The first kappa shape index (κ1) is 25.4. The number of hydrogen-bond donors (Lipinski definition) is 1. The van der Waals surface area contributed by atoms with Gasteiger partial charge in [-0.15, -0.1) is 0 Å². The van der Waals surface area contributed by atoms with E-state index in [9.17, 15) is 21.6 Å². The van der Waals surface area contributed by atoms with Crippen LogP contribution in [0.2, 0.25) is 0 Å². The number of benzene rings is 2. The summed E-state index contributed by atoms with van der Waals surface area (Å²) in [5.41, 5.74) is 3.03. The van der Waals surface area contributed by atoms with E-state index >= 15 is 0 Å². The largest absolute Gasteiger partial charge is 0.337 e. The lowest BCUT2D eigenvalue weighted by atomic mass is 10.0. The van der Waals surface area contributed by atoms with E-state index in [0.717, 1.165) is 11.1 Å². The van der Waals surface area contributed by atoms with E-state index in [1.165, 1.54) is 11.8 Å². The second-order valence-corrected chi connectivity index (χ2v) is 12.5. The monoisotopic (exact) mass is 492 g/mol. The van der Waals surface area contributed by atoms with E-state index in [1.54, 1.807) is 44.2 Å². The van der Waals surface area contributed by atoms with E-state index < -0.39 is 37.9 Å². The van der Waals surface area contributed by atoms with Crippen molar-refractivity contribution in [1.29, 1.82) is 0 Å². The Bertz CT molecular complexity index is 1230. The number of amides is 1. The number of sulfonamides is 1. The number of aryl methyl sites for hydroxylation is 2. The van der Waals surface area contributed by atoms with E-state index in [2.05, 4.69) is 4.72 Å². The molecule has 2 aromatic carbocycles. The molecule has 1 amide bonds. The van der Waals surface area contributed by atoms with Crippen LogP contribution in [0.3, 0.4) is 0 Å².